The molecule has 8 heteroatoms. The average molecular weight is 241 g/mol. The predicted molar refractivity (Wildman–Crippen MR) is 52.9 cm³/mol. The third-order valence-corrected chi connectivity index (χ3v) is 4.78. The van der Waals surface area contributed by atoms with E-state index in [9.17, 15) is 14.2 Å². The summed E-state index contributed by atoms with van der Waals surface area (Å²) in [6.45, 7) is -1.65. The second kappa shape index (κ2) is 6.06. The zero-order valence-electron chi connectivity index (χ0n) is 8.10. The largest absolute Gasteiger partial charge is 0.459 e. The van der Waals surface area contributed by atoms with Crippen molar-refractivity contribution in [2.75, 3.05) is 20.0 Å². The van der Waals surface area contributed by atoms with Crippen molar-refractivity contribution in [2.45, 2.75) is 6.92 Å². The minimum absolute atomic E-state index is 0.0861. The van der Waals surface area contributed by atoms with Gasteiger partial charge in [0, 0.05) is 7.11 Å². The van der Waals surface area contributed by atoms with E-state index >= 15 is 0 Å². The van der Waals surface area contributed by atoms with Gasteiger partial charge in [-0.3, -0.25) is 14.4 Å². The summed E-state index contributed by atoms with van der Waals surface area (Å²) in [4.78, 5) is 21.8. The van der Waals surface area contributed by atoms with Crippen LogP contribution in [0.1, 0.15) is 6.92 Å². The number of nitrogens with one attached hydrogen (secondary N) is 1. The maximum absolute atomic E-state index is 11.5. The summed E-state index contributed by atoms with van der Waals surface area (Å²) in [6, 6.07) is 0. The minimum Gasteiger partial charge on any atom is -0.459 e. The van der Waals surface area contributed by atoms with Crippen LogP contribution >= 0.6 is 18.1 Å². The Morgan fingerprint density at radius 1 is 1.50 bits per heavy atom. The van der Waals surface area contributed by atoms with Crippen molar-refractivity contribution in [3.8, 4) is 0 Å². The number of carbonyl (C=O) groups excluding carboxylic acids is 2. The van der Waals surface area contributed by atoms with Gasteiger partial charge in [0.15, 0.2) is 0 Å². The van der Waals surface area contributed by atoms with Crippen LogP contribution in [0.3, 0.4) is 0 Å². The topological polar surface area (TPSA) is 81.7 Å². The number of rotatable bonds is 4. The lowest BCUT2D eigenvalue weighted by atomic mass is 10.6. The molecule has 6 nitrogen and oxygen atoms in total. The Morgan fingerprint density at radius 3 is 2.43 bits per heavy atom. The summed E-state index contributed by atoms with van der Waals surface area (Å²) in [5, 5.41) is 1.96. The van der Waals surface area contributed by atoms with Crippen molar-refractivity contribution in [3.63, 3.8) is 0 Å². The van der Waals surface area contributed by atoms with Gasteiger partial charge in [-0.25, -0.2) is 4.79 Å². The molecule has 0 rings (SSSR count). The quantitative estimate of drug-likeness (QED) is 0.445. The van der Waals surface area contributed by atoms with Crippen molar-refractivity contribution in [2.24, 2.45) is 0 Å². The van der Waals surface area contributed by atoms with E-state index in [1.807, 2.05) is 5.09 Å². The molecular formula is C6H12NO5PS. The Balaban J connectivity index is 4.31. The van der Waals surface area contributed by atoms with Gasteiger partial charge in [0.25, 0.3) is 0 Å². The summed E-state index contributed by atoms with van der Waals surface area (Å²) < 4.78 is 20.4. The van der Waals surface area contributed by atoms with E-state index < -0.39 is 18.6 Å². The normalized spacial score (nSPS) is 14.2. The van der Waals surface area contributed by atoms with Crippen LogP contribution in [0.5, 0.6) is 0 Å². The van der Waals surface area contributed by atoms with Crippen molar-refractivity contribution in [3.05, 3.63) is 0 Å². The average Bonchev–Trinajstić information content (AvgIpc) is 2.18. The lowest BCUT2D eigenvalue weighted by Crippen LogP contribution is -2.29. The molecule has 0 saturated carbocycles. The first kappa shape index (κ1) is 13.5. The molecule has 0 aromatic rings. The third-order valence-electron chi connectivity index (χ3n) is 1.18. The highest BCUT2D eigenvalue weighted by Crippen LogP contribution is 2.53. The molecule has 0 spiro atoms. The molecule has 0 heterocycles. The highest BCUT2D eigenvalue weighted by atomic mass is 32.7. The van der Waals surface area contributed by atoms with E-state index in [0.29, 0.717) is 0 Å². The molecule has 0 aromatic carbocycles. The maximum atomic E-state index is 11.5. The molecule has 0 bridgehead atoms. The van der Waals surface area contributed by atoms with Gasteiger partial charge in [-0.2, -0.15) is 0 Å². The Labute approximate surface area is 86.0 Å². The molecular weight excluding hydrogens is 229 g/mol. The van der Waals surface area contributed by atoms with Crippen LogP contribution in [-0.4, -0.2) is 31.8 Å². The van der Waals surface area contributed by atoms with Crippen molar-refractivity contribution >= 4 is 30.0 Å². The van der Waals surface area contributed by atoms with Crippen LogP contribution in [0.4, 0.5) is 0 Å². The van der Waals surface area contributed by atoms with Crippen molar-refractivity contribution in [1.82, 2.24) is 5.09 Å². The second-order valence-corrected chi connectivity index (χ2v) is 6.51. The van der Waals surface area contributed by atoms with E-state index in [2.05, 4.69) is 9.26 Å². The lowest BCUT2D eigenvalue weighted by molar-refractivity contribution is -0.153. The van der Waals surface area contributed by atoms with Gasteiger partial charge >= 0.3 is 18.6 Å². The molecule has 14 heavy (non-hydrogen) atoms. The monoisotopic (exact) mass is 241 g/mol. The van der Waals surface area contributed by atoms with Crippen LogP contribution in [0.25, 0.3) is 0 Å². The highest BCUT2D eigenvalue weighted by molar-refractivity contribution is 8.55. The Bertz CT molecular complexity index is 261. The molecule has 1 amide bonds. The predicted octanol–water partition coefficient (Wildman–Crippen LogP) is 0.783. The zero-order valence-corrected chi connectivity index (χ0v) is 9.81. The fourth-order valence-electron chi connectivity index (χ4n) is 0.532. The zero-order chi connectivity index (χ0) is 11.2. The van der Waals surface area contributed by atoms with Crippen LogP contribution < -0.4 is 5.09 Å². The summed E-state index contributed by atoms with van der Waals surface area (Å²) in [5.41, 5.74) is 0. The molecule has 82 valence electrons. The fraction of sp³-hybridized carbons (Fsp3) is 0.667. The van der Waals surface area contributed by atoms with Gasteiger partial charge in [0.2, 0.25) is 0 Å². The molecule has 0 aliphatic heterocycles. The third kappa shape index (κ3) is 4.13. The maximum Gasteiger partial charge on any atom is 0.397 e. The number of hydrogen-bond acceptors (Lipinski definition) is 6. The van der Waals surface area contributed by atoms with Crippen LogP contribution in [-0.2, 0) is 23.4 Å². The van der Waals surface area contributed by atoms with Gasteiger partial charge in [-0.1, -0.05) is 11.4 Å². The fourth-order valence-corrected chi connectivity index (χ4v) is 2.17. The molecule has 0 fully saturated rings. The summed E-state index contributed by atoms with van der Waals surface area (Å²) >= 11 is 0.830. The molecule has 1 N–H and O–H groups in total. The van der Waals surface area contributed by atoms with Gasteiger partial charge < -0.3 is 9.26 Å². The van der Waals surface area contributed by atoms with E-state index in [-0.39, 0.29) is 6.61 Å². The van der Waals surface area contributed by atoms with E-state index in [1.165, 1.54) is 13.4 Å². The summed E-state index contributed by atoms with van der Waals surface area (Å²) in [7, 11) is 1.18. The first-order chi connectivity index (χ1) is 6.49. The Hall–Kier alpha value is -0.520. The number of ether oxygens (including phenoxy) is 1. The van der Waals surface area contributed by atoms with Gasteiger partial charge in [-0.05, 0) is 13.2 Å². The Kier molecular flexibility index (Phi) is 5.83. The minimum atomic E-state index is -3.30. The number of amides is 1. The smallest absolute Gasteiger partial charge is 0.397 e. The van der Waals surface area contributed by atoms with E-state index in [1.54, 1.807) is 6.92 Å². The summed E-state index contributed by atoms with van der Waals surface area (Å²) in [5.74, 6) is -2.13. The number of carbonyl (C=O) groups is 2. The molecule has 0 radical (unpaired) electrons. The van der Waals surface area contributed by atoms with Crippen LogP contribution in [0.15, 0.2) is 0 Å². The van der Waals surface area contributed by atoms with Gasteiger partial charge in [0.1, 0.15) is 0 Å². The van der Waals surface area contributed by atoms with Crippen molar-refractivity contribution in [1.29, 1.82) is 0 Å². The lowest BCUT2D eigenvalue weighted by Gasteiger charge is -2.13. The van der Waals surface area contributed by atoms with Gasteiger partial charge in [-0.15, -0.1) is 0 Å². The van der Waals surface area contributed by atoms with E-state index in [0.717, 1.165) is 11.4 Å². The molecule has 1 unspecified atom stereocenters. The number of esters is 1. The highest BCUT2D eigenvalue weighted by Gasteiger charge is 2.27. The molecule has 0 aromatic heterocycles. The first-order valence-electron chi connectivity index (χ1n) is 3.70. The standard InChI is InChI=1S/C6H12NO5PS/c1-4-12-6(9)5(8)7-13(10,11-2)14-3/h4H2,1-3H3,(H,7,8,10). The van der Waals surface area contributed by atoms with Gasteiger partial charge in [0.05, 0.1) is 6.61 Å². The molecule has 0 aliphatic carbocycles. The van der Waals surface area contributed by atoms with Crippen LogP contribution in [0.2, 0.25) is 0 Å². The first-order valence-corrected chi connectivity index (χ1v) is 7.15. The molecule has 1 atom stereocenters. The molecule has 0 aliphatic rings. The number of hydrogen-bond donors (Lipinski definition) is 1. The summed E-state index contributed by atoms with van der Waals surface area (Å²) in [6.07, 6.45) is 1.50. The Morgan fingerprint density at radius 2 is 2.07 bits per heavy atom. The second-order valence-electron chi connectivity index (χ2n) is 2.02. The SMILES string of the molecule is CCOC(=O)C(=O)NP(=O)(OC)SC. The van der Waals surface area contributed by atoms with Crippen molar-refractivity contribution < 1.29 is 23.4 Å². The van der Waals surface area contributed by atoms with Crippen LogP contribution in [0, 0.1) is 0 Å². The molecule has 0 saturated heterocycles. The van der Waals surface area contributed by atoms with E-state index in [4.69, 9.17) is 0 Å².